The summed E-state index contributed by atoms with van der Waals surface area (Å²) in [5.74, 6) is -0.0220. The van der Waals surface area contributed by atoms with E-state index in [4.69, 9.17) is 10.8 Å². The first-order valence-corrected chi connectivity index (χ1v) is 5.93. The minimum atomic E-state index is -3.28. The van der Waals surface area contributed by atoms with Crippen LogP contribution in [0.1, 0.15) is 6.42 Å². The molecule has 0 aliphatic carbocycles. The van der Waals surface area contributed by atoms with Crippen LogP contribution in [0.25, 0.3) is 0 Å². The molecular weight excluding hydrogens is 282 g/mol. The molecule has 0 heterocycles. The molecule has 1 aromatic carbocycles. The Bertz CT molecular complexity index is 406. The van der Waals surface area contributed by atoms with Crippen LogP contribution in [0.15, 0.2) is 29.2 Å². The topological polar surface area (TPSA) is 80.4 Å². The fraction of sp³-hybridized carbons (Fsp3) is 0.333. The van der Waals surface area contributed by atoms with Gasteiger partial charge in [-0.1, -0.05) is 6.07 Å². The van der Waals surface area contributed by atoms with Gasteiger partial charge in [0.25, 0.3) is 0 Å². The molecule has 1 aromatic rings. The molecule has 0 fully saturated rings. The predicted molar refractivity (Wildman–Crippen MR) is 64.2 cm³/mol. The maximum absolute atomic E-state index is 11.6. The SMILES string of the molecule is Br.NCCCS(=O)(=O)c1cccc(O)c1. The van der Waals surface area contributed by atoms with Crippen molar-refractivity contribution in [1.82, 2.24) is 0 Å². The lowest BCUT2D eigenvalue weighted by atomic mass is 10.3. The number of nitrogens with two attached hydrogens (primary N) is 1. The van der Waals surface area contributed by atoms with Gasteiger partial charge in [-0.2, -0.15) is 0 Å². The highest BCUT2D eigenvalue weighted by Gasteiger charge is 2.13. The molecule has 1 rings (SSSR count). The van der Waals surface area contributed by atoms with E-state index in [9.17, 15) is 8.42 Å². The van der Waals surface area contributed by atoms with E-state index < -0.39 is 9.84 Å². The van der Waals surface area contributed by atoms with Gasteiger partial charge in [0.2, 0.25) is 0 Å². The van der Waals surface area contributed by atoms with Crippen molar-refractivity contribution < 1.29 is 13.5 Å². The predicted octanol–water partition coefficient (Wildman–Crippen LogP) is 1.09. The van der Waals surface area contributed by atoms with Crippen molar-refractivity contribution in [2.45, 2.75) is 11.3 Å². The Morgan fingerprint density at radius 2 is 2.00 bits per heavy atom. The number of sulfone groups is 1. The van der Waals surface area contributed by atoms with Crippen LogP contribution in [0.4, 0.5) is 0 Å². The van der Waals surface area contributed by atoms with E-state index in [1.807, 2.05) is 0 Å². The van der Waals surface area contributed by atoms with Crippen LogP contribution in [0, 0.1) is 0 Å². The number of phenols is 1. The molecule has 0 aromatic heterocycles. The van der Waals surface area contributed by atoms with Gasteiger partial charge in [-0.25, -0.2) is 8.42 Å². The minimum absolute atomic E-state index is 0. The summed E-state index contributed by atoms with van der Waals surface area (Å²) in [4.78, 5) is 0.144. The van der Waals surface area contributed by atoms with Crippen LogP contribution in [0.3, 0.4) is 0 Å². The van der Waals surface area contributed by atoms with Crippen LogP contribution in [0.5, 0.6) is 5.75 Å². The molecule has 86 valence electrons. The van der Waals surface area contributed by atoms with E-state index >= 15 is 0 Å². The highest BCUT2D eigenvalue weighted by atomic mass is 79.9. The van der Waals surface area contributed by atoms with Gasteiger partial charge >= 0.3 is 0 Å². The molecule has 6 heteroatoms. The van der Waals surface area contributed by atoms with Crippen molar-refractivity contribution in [3.63, 3.8) is 0 Å². The number of hydrogen-bond acceptors (Lipinski definition) is 4. The van der Waals surface area contributed by atoms with Crippen molar-refractivity contribution in [3.8, 4) is 5.75 Å². The van der Waals surface area contributed by atoms with E-state index in [1.54, 1.807) is 0 Å². The minimum Gasteiger partial charge on any atom is -0.508 e. The summed E-state index contributed by atoms with van der Waals surface area (Å²) in [5.41, 5.74) is 5.23. The summed E-state index contributed by atoms with van der Waals surface area (Å²) in [6, 6.07) is 5.64. The number of benzene rings is 1. The van der Waals surface area contributed by atoms with Crippen molar-refractivity contribution >= 4 is 26.8 Å². The Morgan fingerprint density at radius 1 is 1.33 bits per heavy atom. The third-order valence-electron chi connectivity index (χ3n) is 1.79. The van der Waals surface area contributed by atoms with Gasteiger partial charge in [-0.15, -0.1) is 17.0 Å². The summed E-state index contributed by atoms with van der Waals surface area (Å²) in [5, 5.41) is 9.11. The van der Waals surface area contributed by atoms with Crippen molar-refractivity contribution in [3.05, 3.63) is 24.3 Å². The van der Waals surface area contributed by atoms with Crippen molar-refractivity contribution in [2.75, 3.05) is 12.3 Å². The van der Waals surface area contributed by atoms with Crippen molar-refractivity contribution in [1.29, 1.82) is 0 Å². The average molecular weight is 296 g/mol. The zero-order valence-electron chi connectivity index (χ0n) is 8.09. The molecule has 0 unspecified atom stereocenters. The van der Waals surface area contributed by atoms with Gasteiger partial charge in [-0.3, -0.25) is 0 Å². The lowest BCUT2D eigenvalue weighted by Crippen LogP contribution is -2.11. The Balaban J connectivity index is 0.00000196. The molecule has 0 aliphatic heterocycles. The molecule has 0 amide bonds. The smallest absolute Gasteiger partial charge is 0.178 e. The highest BCUT2D eigenvalue weighted by molar-refractivity contribution is 8.93. The van der Waals surface area contributed by atoms with E-state index in [1.165, 1.54) is 24.3 Å². The number of hydrogen-bond donors (Lipinski definition) is 2. The molecule has 0 saturated heterocycles. The van der Waals surface area contributed by atoms with Crippen LogP contribution in [-0.2, 0) is 9.84 Å². The Labute approximate surface area is 99.8 Å². The Kier molecular flexibility index (Phi) is 5.85. The number of rotatable bonds is 4. The summed E-state index contributed by atoms with van der Waals surface area (Å²) >= 11 is 0. The standard InChI is InChI=1S/C9H13NO3S.BrH/c10-5-2-6-14(12,13)9-4-1-3-8(11)7-9;/h1,3-4,7,11H,2,5-6,10H2;1H. The quantitative estimate of drug-likeness (QED) is 0.871. The maximum Gasteiger partial charge on any atom is 0.178 e. The molecular formula is C9H14BrNO3S. The molecule has 0 saturated carbocycles. The third-order valence-corrected chi connectivity index (χ3v) is 3.59. The molecule has 15 heavy (non-hydrogen) atoms. The Morgan fingerprint density at radius 3 is 2.53 bits per heavy atom. The highest BCUT2D eigenvalue weighted by Crippen LogP contribution is 2.17. The van der Waals surface area contributed by atoms with E-state index in [2.05, 4.69) is 0 Å². The molecule has 0 spiro atoms. The lowest BCUT2D eigenvalue weighted by Gasteiger charge is -2.03. The fourth-order valence-electron chi connectivity index (χ4n) is 1.07. The average Bonchev–Trinajstić information content (AvgIpc) is 2.15. The first kappa shape index (κ1) is 14.4. The number of halogens is 1. The molecule has 4 nitrogen and oxygen atoms in total. The second-order valence-electron chi connectivity index (χ2n) is 2.96. The zero-order valence-corrected chi connectivity index (χ0v) is 10.6. The maximum atomic E-state index is 11.6. The summed E-state index contributed by atoms with van der Waals surface area (Å²) in [6.45, 7) is 0.345. The van der Waals surface area contributed by atoms with E-state index in [0.717, 1.165) is 0 Å². The lowest BCUT2D eigenvalue weighted by molar-refractivity contribution is 0.473. The molecule has 3 N–H and O–H groups in total. The fourth-order valence-corrected chi connectivity index (χ4v) is 2.44. The van der Waals surface area contributed by atoms with E-state index in [-0.39, 0.29) is 33.4 Å². The summed E-state index contributed by atoms with van der Waals surface area (Å²) < 4.78 is 23.2. The molecule has 0 radical (unpaired) electrons. The van der Waals surface area contributed by atoms with Gasteiger partial charge < -0.3 is 10.8 Å². The van der Waals surface area contributed by atoms with Gasteiger partial charge in [0, 0.05) is 0 Å². The van der Waals surface area contributed by atoms with E-state index in [0.29, 0.717) is 13.0 Å². The van der Waals surface area contributed by atoms with Crippen LogP contribution in [-0.4, -0.2) is 25.8 Å². The second kappa shape index (κ2) is 6.09. The summed E-state index contributed by atoms with van der Waals surface area (Å²) in [7, 11) is -3.28. The largest absolute Gasteiger partial charge is 0.508 e. The van der Waals surface area contributed by atoms with Gasteiger partial charge in [0.1, 0.15) is 5.75 Å². The van der Waals surface area contributed by atoms with Gasteiger partial charge in [0.15, 0.2) is 9.84 Å². The van der Waals surface area contributed by atoms with Crippen LogP contribution < -0.4 is 5.73 Å². The second-order valence-corrected chi connectivity index (χ2v) is 5.07. The molecule has 0 bridgehead atoms. The number of phenolic OH excluding ortho intramolecular Hbond substituents is 1. The third kappa shape index (κ3) is 4.19. The zero-order chi connectivity index (χ0) is 10.6. The molecule has 0 aliphatic rings. The number of aromatic hydroxyl groups is 1. The van der Waals surface area contributed by atoms with Crippen molar-refractivity contribution in [2.24, 2.45) is 5.73 Å². The van der Waals surface area contributed by atoms with Crippen LogP contribution in [0.2, 0.25) is 0 Å². The molecule has 0 atom stereocenters. The van der Waals surface area contributed by atoms with Gasteiger partial charge in [0.05, 0.1) is 10.6 Å². The first-order chi connectivity index (χ1) is 6.56. The first-order valence-electron chi connectivity index (χ1n) is 4.28. The van der Waals surface area contributed by atoms with Gasteiger partial charge in [-0.05, 0) is 31.2 Å². The monoisotopic (exact) mass is 295 g/mol. The summed E-state index contributed by atoms with van der Waals surface area (Å²) in [6.07, 6.45) is 0.429. The normalized spacial score (nSPS) is 10.7. The van der Waals surface area contributed by atoms with Crippen LogP contribution >= 0.6 is 17.0 Å². The Hall–Kier alpha value is -0.590.